The van der Waals surface area contributed by atoms with Crippen LogP contribution in [0, 0.1) is 6.92 Å². The van der Waals surface area contributed by atoms with Crippen LogP contribution >= 0.6 is 15.9 Å². The second-order valence-corrected chi connectivity index (χ2v) is 2.59. The minimum atomic E-state index is -0.392. The summed E-state index contributed by atoms with van der Waals surface area (Å²) in [7, 11) is 0. The summed E-state index contributed by atoms with van der Waals surface area (Å²) in [4.78, 5) is 10.7. The van der Waals surface area contributed by atoms with Crippen LogP contribution in [0.3, 0.4) is 0 Å². The van der Waals surface area contributed by atoms with Crippen LogP contribution in [0.1, 0.15) is 5.89 Å². The van der Waals surface area contributed by atoms with Gasteiger partial charge >= 0.3 is 5.76 Å². The molecule has 0 aliphatic carbocycles. The Hall–Kier alpha value is -0.580. The van der Waals surface area contributed by atoms with Gasteiger partial charge in [0.05, 0.1) is 6.54 Å². The highest BCUT2D eigenvalue weighted by Gasteiger charge is 2.00. The number of alkyl halides is 1. The molecule has 1 rings (SSSR count). The molecule has 0 saturated carbocycles. The van der Waals surface area contributed by atoms with Gasteiger partial charge in [-0.2, -0.15) is 4.68 Å². The Bertz CT molecular complexity index is 265. The van der Waals surface area contributed by atoms with Crippen molar-refractivity contribution in [3.8, 4) is 0 Å². The summed E-state index contributed by atoms with van der Waals surface area (Å²) in [6, 6.07) is 0. The molecule has 10 heavy (non-hydrogen) atoms. The summed E-state index contributed by atoms with van der Waals surface area (Å²) in [6.07, 6.45) is 0. The average Bonchev–Trinajstić information content (AvgIpc) is 2.13. The summed E-state index contributed by atoms with van der Waals surface area (Å²) >= 11 is 3.19. The number of hydrogen-bond acceptors (Lipinski definition) is 3. The maximum Gasteiger partial charge on any atom is 0.437 e. The van der Waals surface area contributed by atoms with Gasteiger partial charge in [-0.25, -0.2) is 4.79 Å². The van der Waals surface area contributed by atoms with Crippen molar-refractivity contribution in [2.75, 3.05) is 5.33 Å². The maximum atomic E-state index is 10.7. The van der Waals surface area contributed by atoms with E-state index in [1.165, 1.54) is 4.68 Å². The molecule has 56 valence electrons. The van der Waals surface area contributed by atoms with Crippen molar-refractivity contribution in [3.63, 3.8) is 0 Å². The Morgan fingerprint density at radius 2 is 2.50 bits per heavy atom. The molecule has 0 aliphatic heterocycles. The molecular formula is C5H7BrN2O2. The third kappa shape index (κ3) is 1.47. The summed E-state index contributed by atoms with van der Waals surface area (Å²) in [5.41, 5.74) is 0. The molecule has 0 aliphatic rings. The van der Waals surface area contributed by atoms with E-state index >= 15 is 0 Å². The molecule has 0 saturated heterocycles. The topological polar surface area (TPSA) is 48.0 Å². The number of halogens is 1. The molecule has 0 aromatic carbocycles. The van der Waals surface area contributed by atoms with Crippen molar-refractivity contribution < 1.29 is 4.42 Å². The van der Waals surface area contributed by atoms with Crippen LogP contribution in [0.2, 0.25) is 0 Å². The zero-order valence-corrected chi connectivity index (χ0v) is 7.09. The van der Waals surface area contributed by atoms with E-state index < -0.39 is 5.76 Å². The molecular weight excluding hydrogens is 200 g/mol. The van der Waals surface area contributed by atoms with E-state index in [2.05, 4.69) is 25.4 Å². The Kier molecular flexibility index (Phi) is 2.26. The fraction of sp³-hybridized carbons (Fsp3) is 0.600. The molecule has 4 nitrogen and oxygen atoms in total. The molecule has 5 heteroatoms. The lowest BCUT2D eigenvalue weighted by molar-refractivity contribution is 0.464. The molecule has 0 radical (unpaired) electrons. The van der Waals surface area contributed by atoms with Gasteiger partial charge in [-0.05, 0) is 0 Å². The van der Waals surface area contributed by atoms with Crippen LogP contribution in [0.15, 0.2) is 9.21 Å². The van der Waals surface area contributed by atoms with Gasteiger partial charge in [-0.1, -0.05) is 15.9 Å². The van der Waals surface area contributed by atoms with Crippen LogP contribution in [0.25, 0.3) is 0 Å². The molecule has 0 N–H and O–H groups in total. The van der Waals surface area contributed by atoms with Crippen LogP contribution in [-0.4, -0.2) is 15.1 Å². The number of nitrogens with zero attached hydrogens (tertiary/aromatic N) is 2. The zero-order valence-electron chi connectivity index (χ0n) is 5.50. The smallest absolute Gasteiger partial charge is 0.393 e. The van der Waals surface area contributed by atoms with E-state index in [4.69, 9.17) is 0 Å². The van der Waals surface area contributed by atoms with Crippen LogP contribution in [-0.2, 0) is 6.54 Å². The Labute approximate surface area is 66.0 Å². The van der Waals surface area contributed by atoms with Gasteiger partial charge in [0.25, 0.3) is 0 Å². The minimum Gasteiger partial charge on any atom is -0.393 e. The SMILES string of the molecule is Cc1nn(CCBr)c(=O)o1. The van der Waals surface area contributed by atoms with Crippen molar-refractivity contribution >= 4 is 15.9 Å². The van der Waals surface area contributed by atoms with Crippen molar-refractivity contribution in [2.45, 2.75) is 13.5 Å². The van der Waals surface area contributed by atoms with Gasteiger partial charge < -0.3 is 4.42 Å². The molecule has 0 bridgehead atoms. The second kappa shape index (κ2) is 3.01. The van der Waals surface area contributed by atoms with E-state index in [1.807, 2.05) is 0 Å². The van der Waals surface area contributed by atoms with Crippen molar-refractivity contribution in [1.82, 2.24) is 9.78 Å². The molecule has 0 fully saturated rings. The molecule has 1 aromatic heterocycles. The van der Waals surface area contributed by atoms with Crippen LogP contribution in [0.4, 0.5) is 0 Å². The number of hydrogen-bond donors (Lipinski definition) is 0. The zero-order chi connectivity index (χ0) is 7.56. The van der Waals surface area contributed by atoms with E-state index in [9.17, 15) is 4.79 Å². The average molecular weight is 207 g/mol. The lowest BCUT2D eigenvalue weighted by Gasteiger charge is -1.88. The highest BCUT2D eigenvalue weighted by atomic mass is 79.9. The highest BCUT2D eigenvalue weighted by Crippen LogP contribution is 1.87. The largest absolute Gasteiger partial charge is 0.437 e. The van der Waals surface area contributed by atoms with Crippen LogP contribution in [0.5, 0.6) is 0 Å². The number of aryl methyl sites for hydroxylation is 2. The van der Waals surface area contributed by atoms with Crippen LogP contribution < -0.4 is 5.76 Å². The summed E-state index contributed by atoms with van der Waals surface area (Å²) in [5, 5.41) is 4.51. The molecule has 0 atom stereocenters. The van der Waals surface area contributed by atoms with E-state index in [1.54, 1.807) is 6.92 Å². The van der Waals surface area contributed by atoms with Crippen molar-refractivity contribution in [3.05, 3.63) is 16.4 Å². The van der Waals surface area contributed by atoms with Gasteiger partial charge in [0.1, 0.15) is 0 Å². The first kappa shape index (κ1) is 7.53. The number of aromatic nitrogens is 2. The maximum absolute atomic E-state index is 10.7. The standard InChI is InChI=1S/C5H7BrN2O2/c1-4-7-8(3-2-6)5(9)10-4/h2-3H2,1H3. The Morgan fingerprint density at radius 3 is 2.90 bits per heavy atom. The van der Waals surface area contributed by atoms with Gasteiger partial charge in [-0.3, -0.25) is 0 Å². The Balaban J connectivity index is 2.92. The normalized spacial score (nSPS) is 10.2. The van der Waals surface area contributed by atoms with Gasteiger partial charge in [0, 0.05) is 12.3 Å². The number of rotatable bonds is 2. The summed E-state index contributed by atoms with van der Waals surface area (Å²) in [5.74, 6) is 0.0166. The summed E-state index contributed by atoms with van der Waals surface area (Å²) < 4.78 is 5.92. The lowest BCUT2D eigenvalue weighted by Crippen LogP contribution is -2.16. The second-order valence-electron chi connectivity index (χ2n) is 1.80. The van der Waals surface area contributed by atoms with Gasteiger partial charge in [-0.15, -0.1) is 5.10 Å². The van der Waals surface area contributed by atoms with E-state index in [-0.39, 0.29) is 0 Å². The van der Waals surface area contributed by atoms with E-state index in [0.29, 0.717) is 17.8 Å². The fourth-order valence-electron chi connectivity index (χ4n) is 0.632. The fourth-order valence-corrected chi connectivity index (χ4v) is 0.968. The first-order chi connectivity index (χ1) is 4.74. The third-order valence-electron chi connectivity index (χ3n) is 1.00. The van der Waals surface area contributed by atoms with Crippen molar-refractivity contribution in [2.24, 2.45) is 0 Å². The summed E-state index contributed by atoms with van der Waals surface area (Å²) in [6.45, 7) is 2.20. The predicted octanol–water partition coefficient (Wildman–Crippen LogP) is 0.540. The Morgan fingerprint density at radius 1 is 1.80 bits per heavy atom. The van der Waals surface area contributed by atoms with Gasteiger partial charge in [0.2, 0.25) is 5.89 Å². The highest BCUT2D eigenvalue weighted by molar-refractivity contribution is 9.09. The first-order valence-electron chi connectivity index (χ1n) is 2.84. The molecule has 0 unspecified atom stereocenters. The monoisotopic (exact) mass is 206 g/mol. The molecule has 0 spiro atoms. The van der Waals surface area contributed by atoms with Crippen molar-refractivity contribution in [1.29, 1.82) is 0 Å². The quantitative estimate of drug-likeness (QED) is 0.665. The molecule has 1 aromatic rings. The van der Waals surface area contributed by atoms with Gasteiger partial charge in [0.15, 0.2) is 0 Å². The third-order valence-corrected chi connectivity index (χ3v) is 1.36. The molecule has 0 amide bonds. The predicted molar refractivity (Wildman–Crippen MR) is 39.3 cm³/mol. The minimum absolute atomic E-state index is 0.392. The molecule has 1 heterocycles. The lowest BCUT2D eigenvalue weighted by atomic mass is 10.8. The first-order valence-corrected chi connectivity index (χ1v) is 3.96. The van der Waals surface area contributed by atoms with E-state index in [0.717, 1.165) is 0 Å².